The van der Waals surface area contributed by atoms with E-state index >= 15 is 0 Å². The Labute approximate surface area is 99.0 Å². The first-order chi connectivity index (χ1) is 7.86. The highest BCUT2D eigenvalue weighted by molar-refractivity contribution is 8.20. The van der Waals surface area contributed by atoms with E-state index in [0.717, 1.165) is 0 Å². The monoisotopic (exact) mass is 226 g/mol. The van der Waals surface area contributed by atoms with Crippen LogP contribution < -0.4 is 0 Å². The molecule has 1 heterocycles. The first kappa shape index (κ1) is 9.73. The van der Waals surface area contributed by atoms with Crippen LogP contribution >= 0.6 is 10.9 Å². The summed E-state index contributed by atoms with van der Waals surface area (Å²) in [4.78, 5) is 2.98. The molecule has 0 nitrogen and oxygen atoms in total. The lowest BCUT2D eigenvalue weighted by Gasteiger charge is -2.17. The van der Waals surface area contributed by atoms with E-state index in [4.69, 9.17) is 0 Å². The maximum Gasteiger partial charge on any atom is 0.00229 e. The first-order valence-electron chi connectivity index (χ1n) is 5.48. The first-order valence-corrected chi connectivity index (χ1v) is 6.89. The number of hydrogen-bond donors (Lipinski definition) is 1. The van der Waals surface area contributed by atoms with E-state index in [1.807, 2.05) is 0 Å². The van der Waals surface area contributed by atoms with Crippen molar-refractivity contribution >= 4 is 17.0 Å². The van der Waals surface area contributed by atoms with Gasteiger partial charge in [0.15, 0.2) is 0 Å². The normalized spacial score (nSPS) is 19.7. The number of fused-ring (bicyclic) bond motifs is 1. The van der Waals surface area contributed by atoms with E-state index in [1.165, 1.54) is 20.9 Å². The highest BCUT2D eigenvalue weighted by Gasteiger charge is 2.15. The number of rotatable bonds is 1. The molecule has 1 aliphatic rings. The van der Waals surface area contributed by atoms with E-state index in [9.17, 15) is 0 Å². The largest absolute Gasteiger partial charge is 0.179 e. The minimum atomic E-state index is -0.257. The molecule has 0 saturated heterocycles. The Balaban J connectivity index is 2.12. The van der Waals surface area contributed by atoms with Crippen LogP contribution in [0.5, 0.6) is 0 Å². The second kappa shape index (κ2) is 3.84. The Morgan fingerprint density at radius 3 is 2.31 bits per heavy atom. The second-order valence-corrected chi connectivity index (χ2v) is 6.03. The summed E-state index contributed by atoms with van der Waals surface area (Å²) < 4.78 is 0. The van der Waals surface area contributed by atoms with Crippen molar-refractivity contribution in [3.8, 4) is 0 Å². The number of benzene rings is 2. The predicted octanol–water partition coefficient (Wildman–Crippen LogP) is 4.40. The van der Waals surface area contributed by atoms with Gasteiger partial charge in [0.25, 0.3) is 0 Å². The number of aryl methyl sites for hydroxylation is 1. The zero-order valence-electron chi connectivity index (χ0n) is 9.22. The SMILES string of the molecule is Cc1ccccc1[SH]1C=Cc2ccccc21. The summed E-state index contributed by atoms with van der Waals surface area (Å²) in [6.07, 6.45) is 2.26. The van der Waals surface area contributed by atoms with Crippen LogP contribution in [0.1, 0.15) is 11.1 Å². The molecule has 16 heavy (non-hydrogen) atoms. The fourth-order valence-corrected chi connectivity index (χ4v) is 4.39. The summed E-state index contributed by atoms with van der Waals surface area (Å²) in [5.74, 6) is 0. The highest BCUT2D eigenvalue weighted by atomic mass is 32.2. The van der Waals surface area contributed by atoms with Crippen LogP contribution in [0, 0.1) is 6.92 Å². The van der Waals surface area contributed by atoms with Gasteiger partial charge in [0.1, 0.15) is 0 Å². The van der Waals surface area contributed by atoms with Crippen LogP contribution in [0.4, 0.5) is 0 Å². The lowest BCUT2D eigenvalue weighted by atomic mass is 10.2. The maximum absolute atomic E-state index is 2.36. The van der Waals surface area contributed by atoms with Crippen LogP contribution in [0.25, 0.3) is 6.08 Å². The summed E-state index contributed by atoms with van der Waals surface area (Å²) in [5.41, 5.74) is 2.78. The Morgan fingerprint density at radius 2 is 1.50 bits per heavy atom. The molecule has 0 aliphatic carbocycles. The molecule has 0 radical (unpaired) electrons. The fraction of sp³-hybridized carbons (Fsp3) is 0.0667. The molecule has 1 atom stereocenters. The maximum atomic E-state index is 2.36. The Bertz CT molecular complexity index is 555. The van der Waals surface area contributed by atoms with Crippen molar-refractivity contribution in [2.75, 3.05) is 0 Å². The third-order valence-electron chi connectivity index (χ3n) is 2.97. The average molecular weight is 226 g/mol. The lowest BCUT2D eigenvalue weighted by Crippen LogP contribution is -1.84. The van der Waals surface area contributed by atoms with Gasteiger partial charge >= 0.3 is 0 Å². The molecule has 1 heteroatoms. The molecule has 0 saturated carbocycles. The summed E-state index contributed by atoms with van der Waals surface area (Å²) in [7, 11) is -0.257. The second-order valence-electron chi connectivity index (χ2n) is 4.03. The molecular formula is C15H14S. The van der Waals surface area contributed by atoms with Crippen LogP contribution in [-0.4, -0.2) is 0 Å². The van der Waals surface area contributed by atoms with Crippen molar-refractivity contribution in [3.05, 3.63) is 65.1 Å². The summed E-state index contributed by atoms with van der Waals surface area (Å²) in [5, 5.41) is 2.36. The molecule has 3 rings (SSSR count). The third-order valence-corrected chi connectivity index (χ3v) is 5.37. The summed E-state index contributed by atoms with van der Waals surface area (Å²) >= 11 is 0. The quantitative estimate of drug-likeness (QED) is 0.685. The summed E-state index contributed by atoms with van der Waals surface area (Å²) in [6, 6.07) is 17.4. The zero-order chi connectivity index (χ0) is 11.0. The molecule has 0 aromatic heterocycles. The third kappa shape index (κ3) is 1.48. The van der Waals surface area contributed by atoms with Gasteiger partial charge in [0, 0.05) is 4.90 Å². The highest BCUT2D eigenvalue weighted by Crippen LogP contribution is 2.52. The number of hydrogen-bond acceptors (Lipinski definition) is 0. The van der Waals surface area contributed by atoms with Crippen LogP contribution in [-0.2, 0) is 0 Å². The van der Waals surface area contributed by atoms with Gasteiger partial charge in [-0.15, -0.1) is 0 Å². The van der Waals surface area contributed by atoms with E-state index in [1.54, 1.807) is 0 Å². The van der Waals surface area contributed by atoms with E-state index in [-0.39, 0.29) is 10.9 Å². The summed E-state index contributed by atoms with van der Waals surface area (Å²) in [6.45, 7) is 2.20. The zero-order valence-corrected chi connectivity index (χ0v) is 10.1. The van der Waals surface area contributed by atoms with E-state index < -0.39 is 0 Å². The predicted molar refractivity (Wildman–Crippen MR) is 72.2 cm³/mol. The topological polar surface area (TPSA) is 0 Å². The fourth-order valence-electron chi connectivity index (χ4n) is 2.13. The van der Waals surface area contributed by atoms with Gasteiger partial charge in [-0.25, -0.2) is 0 Å². The minimum Gasteiger partial charge on any atom is -0.179 e. The molecule has 0 amide bonds. The van der Waals surface area contributed by atoms with Gasteiger partial charge < -0.3 is 0 Å². The van der Waals surface area contributed by atoms with Gasteiger partial charge in [0.05, 0.1) is 0 Å². The Kier molecular flexibility index (Phi) is 2.33. The van der Waals surface area contributed by atoms with Crippen molar-refractivity contribution in [2.24, 2.45) is 0 Å². The van der Waals surface area contributed by atoms with E-state index in [2.05, 4.69) is 66.9 Å². The van der Waals surface area contributed by atoms with E-state index in [0.29, 0.717) is 0 Å². The number of thiol groups is 1. The van der Waals surface area contributed by atoms with Gasteiger partial charge in [-0.2, -0.15) is 10.9 Å². The molecule has 2 aromatic carbocycles. The van der Waals surface area contributed by atoms with Gasteiger partial charge in [-0.1, -0.05) is 36.4 Å². The van der Waals surface area contributed by atoms with Crippen molar-refractivity contribution in [3.63, 3.8) is 0 Å². The van der Waals surface area contributed by atoms with Crippen molar-refractivity contribution in [2.45, 2.75) is 16.7 Å². The molecule has 80 valence electrons. The smallest absolute Gasteiger partial charge is 0.00229 e. The van der Waals surface area contributed by atoms with Gasteiger partial charge in [0.2, 0.25) is 0 Å². The van der Waals surface area contributed by atoms with Crippen molar-refractivity contribution in [1.29, 1.82) is 0 Å². The van der Waals surface area contributed by atoms with Crippen LogP contribution in [0.3, 0.4) is 0 Å². The lowest BCUT2D eigenvalue weighted by molar-refractivity contribution is 1.29. The standard InChI is InChI=1S/C15H14S/c1-12-6-2-4-8-14(12)16-11-10-13-7-3-5-9-15(13)16/h2-11,16H,1H3. The molecule has 1 unspecified atom stereocenters. The van der Waals surface area contributed by atoms with Crippen LogP contribution in [0.15, 0.2) is 63.7 Å². The van der Waals surface area contributed by atoms with Crippen LogP contribution in [0.2, 0.25) is 0 Å². The molecule has 0 spiro atoms. The molecule has 2 aromatic rings. The molecule has 1 aliphatic heterocycles. The Hall–Kier alpha value is -1.47. The Morgan fingerprint density at radius 1 is 0.812 bits per heavy atom. The van der Waals surface area contributed by atoms with Crippen molar-refractivity contribution in [1.82, 2.24) is 0 Å². The molecule has 0 bridgehead atoms. The molecule has 0 N–H and O–H groups in total. The van der Waals surface area contributed by atoms with Gasteiger partial charge in [-0.05, 0) is 46.6 Å². The minimum absolute atomic E-state index is 0.257. The van der Waals surface area contributed by atoms with Gasteiger partial charge in [-0.3, -0.25) is 0 Å². The van der Waals surface area contributed by atoms with Crippen molar-refractivity contribution < 1.29 is 0 Å². The molecular weight excluding hydrogens is 212 g/mol. The average Bonchev–Trinajstić information content (AvgIpc) is 2.74. The molecule has 0 fully saturated rings.